The van der Waals surface area contributed by atoms with E-state index >= 15 is 0 Å². The number of phenolic OH excluding ortho intramolecular Hbond substituents is 1. The molecule has 0 radical (unpaired) electrons. The van der Waals surface area contributed by atoms with E-state index in [1.54, 1.807) is 12.1 Å². The molecule has 1 fully saturated rings. The van der Waals surface area contributed by atoms with Gasteiger partial charge in [-0.25, -0.2) is 0 Å². The van der Waals surface area contributed by atoms with E-state index in [0.29, 0.717) is 31.0 Å². The lowest BCUT2D eigenvalue weighted by atomic mass is 10.1. The minimum Gasteiger partial charge on any atom is -0.507 e. The molecule has 6 heteroatoms. The zero-order valence-corrected chi connectivity index (χ0v) is 9.73. The molecule has 1 amide bonds. The van der Waals surface area contributed by atoms with Gasteiger partial charge in [0.2, 0.25) is 12.7 Å². The van der Waals surface area contributed by atoms with Crippen molar-refractivity contribution in [3.8, 4) is 17.2 Å². The second-order valence-electron chi connectivity index (χ2n) is 4.42. The summed E-state index contributed by atoms with van der Waals surface area (Å²) in [6.07, 6.45) is 0.477. The summed E-state index contributed by atoms with van der Waals surface area (Å²) >= 11 is 0. The fourth-order valence-electron chi connectivity index (χ4n) is 2.12. The minimum atomic E-state index is 0.0578. The van der Waals surface area contributed by atoms with Gasteiger partial charge in [-0.15, -0.1) is 0 Å². The number of carbonyl (C=O) groups excluding carboxylic acids is 1. The number of aromatic hydroxyl groups is 1. The Kier molecular flexibility index (Phi) is 2.71. The lowest BCUT2D eigenvalue weighted by Crippen LogP contribution is -2.30. The summed E-state index contributed by atoms with van der Waals surface area (Å²) in [5.74, 6) is 1.44. The van der Waals surface area contributed by atoms with Gasteiger partial charge in [0, 0.05) is 37.2 Å². The number of hydrogen-bond donors (Lipinski definition) is 3. The van der Waals surface area contributed by atoms with Crippen LogP contribution >= 0.6 is 0 Å². The van der Waals surface area contributed by atoms with Crippen LogP contribution in [-0.4, -0.2) is 30.4 Å². The van der Waals surface area contributed by atoms with Crippen LogP contribution < -0.4 is 20.1 Å². The van der Waals surface area contributed by atoms with Gasteiger partial charge in [0.05, 0.1) is 0 Å². The summed E-state index contributed by atoms with van der Waals surface area (Å²) < 4.78 is 10.4. The molecule has 0 bridgehead atoms. The Morgan fingerprint density at radius 2 is 2.17 bits per heavy atom. The summed E-state index contributed by atoms with van der Waals surface area (Å²) in [6, 6.07) is 3.43. The van der Waals surface area contributed by atoms with E-state index in [0.717, 1.165) is 5.56 Å². The van der Waals surface area contributed by atoms with Crippen LogP contribution in [0.1, 0.15) is 12.0 Å². The fourth-order valence-corrected chi connectivity index (χ4v) is 2.12. The average Bonchev–Trinajstić information content (AvgIpc) is 2.94. The van der Waals surface area contributed by atoms with Crippen molar-refractivity contribution < 1.29 is 19.4 Å². The van der Waals surface area contributed by atoms with Crippen LogP contribution in [-0.2, 0) is 11.3 Å². The first-order valence-corrected chi connectivity index (χ1v) is 5.84. The van der Waals surface area contributed by atoms with Crippen molar-refractivity contribution in [1.29, 1.82) is 0 Å². The second kappa shape index (κ2) is 4.38. The summed E-state index contributed by atoms with van der Waals surface area (Å²) in [5, 5.41) is 15.8. The van der Waals surface area contributed by atoms with Crippen LogP contribution in [0.3, 0.4) is 0 Å². The van der Waals surface area contributed by atoms with E-state index in [1.165, 1.54) is 0 Å². The van der Waals surface area contributed by atoms with Crippen molar-refractivity contribution in [1.82, 2.24) is 10.6 Å². The molecule has 1 unspecified atom stereocenters. The molecular weight excluding hydrogens is 236 g/mol. The lowest BCUT2D eigenvalue weighted by molar-refractivity contribution is -0.119. The maximum Gasteiger partial charge on any atom is 0.231 e. The van der Waals surface area contributed by atoms with E-state index in [-0.39, 0.29) is 24.5 Å². The predicted octanol–water partition coefficient (Wildman–Crippen LogP) is 0.0990. The summed E-state index contributed by atoms with van der Waals surface area (Å²) in [4.78, 5) is 11.0. The van der Waals surface area contributed by atoms with Crippen LogP contribution in [0.25, 0.3) is 0 Å². The highest BCUT2D eigenvalue weighted by atomic mass is 16.7. The lowest BCUT2D eigenvalue weighted by Gasteiger charge is -2.11. The molecule has 3 N–H and O–H groups in total. The van der Waals surface area contributed by atoms with Gasteiger partial charge in [-0.1, -0.05) is 0 Å². The smallest absolute Gasteiger partial charge is 0.231 e. The van der Waals surface area contributed by atoms with Gasteiger partial charge >= 0.3 is 0 Å². The van der Waals surface area contributed by atoms with E-state index in [1.807, 2.05) is 0 Å². The molecule has 18 heavy (non-hydrogen) atoms. The Hall–Kier alpha value is -1.95. The highest BCUT2D eigenvalue weighted by molar-refractivity contribution is 5.78. The third-order valence-electron chi connectivity index (χ3n) is 3.13. The normalized spacial score (nSPS) is 21.1. The molecule has 1 saturated heterocycles. The quantitative estimate of drug-likeness (QED) is 0.709. The summed E-state index contributed by atoms with van der Waals surface area (Å²) in [6.45, 7) is 1.30. The van der Waals surface area contributed by atoms with Gasteiger partial charge in [0.1, 0.15) is 5.75 Å². The second-order valence-corrected chi connectivity index (χ2v) is 4.42. The topological polar surface area (TPSA) is 79.8 Å². The number of ether oxygens (including phenoxy) is 2. The SMILES string of the molecule is O=C1CC(NCc2cc3c(cc2O)OCO3)CN1. The summed E-state index contributed by atoms with van der Waals surface area (Å²) in [7, 11) is 0. The van der Waals surface area contributed by atoms with Crippen molar-refractivity contribution in [3.63, 3.8) is 0 Å². The van der Waals surface area contributed by atoms with Gasteiger partial charge in [0.25, 0.3) is 0 Å². The molecule has 0 aromatic heterocycles. The molecule has 2 heterocycles. The van der Waals surface area contributed by atoms with E-state index < -0.39 is 0 Å². The first kappa shape index (κ1) is 11.2. The number of benzene rings is 1. The molecule has 0 spiro atoms. The zero-order valence-electron chi connectivity index (χ0n) is 9.73. The number of carbonyl (C=O) groups is 1. The van der Waals surface area contributed by atoms with E-state index in [4.69, 9.17) is 9.47 Å². The average molecular weight is 250 g/mol. The van der Waals surface area contributed by atoms with Crippen molar-refractivity contribution in [3.05, 3.63) is 17.7 Å². The first-order chi connectivity index (χ1) is 8.72. The molecule has 1 aromatic carbocycles. The van der Waals surface area contributed by atoms with Crippen LogP contribution in [0.15, 0.2) is 12.1 Å². The molecule has 1 atom stereocenters. The number of phenols is 1. The molecule has 0 saturated carbocycles. The van der Waals surface area contributed by atoms with Gasteiger partial charge in [-0.2, -0.15) is 0 Å². The van der Waals surface area contributed by atoms with Crippen LogP contribution in [0.2, 0.25) is 0 Å². The predicted molar refractivity (Wildman–Crippen MR) is 62.5 cm³/mol. The largest absolute Gasteiger partial charge is 0.507 e. The molecule has 96 valence electrons. The Labute approximate surface area is 104 Å². The van der Waals surface area contributed by atoms with E-state index in [9.17, 15) is 9.90 Å². The molecule has 2 aliphatic heterocycles. The van der Waals surface area contributed by atoms with Crippen LogP contribution in [0.4, 0.5) is 0 Å². The minimum absolute atomic E-state index is 0.0578. The number of hydrogen-bond acceptors (Lipinski definition) is 5. The number of fused-ring (bicyclic) bond motifs is 1. The van der Waals surface area contributed by atoms with Gasteiger partial charge < -0.3 is 25.2 Å². The molecular formula is C12H14N2O4. The monoisotopic (exact) mass is 250 g/mol. The van der Waals surface area contributed by atoms with Crippen molar-refractivity contribution in [2.45, 2.75) is 19.0 Å². The molecule has 3 rings (SSSR count). The van der Waals surface area contributed by atoms with Gasteiger partial charge in [-0.05, 0) is 6.07 Å². The van der Waals surface area contributed by atoms with Crippen molar-refractivity contribution in [2.24, 2.45) is 0 Å². The number of amides is 1. The molecule has 1 aromatic rings. The molecule has 2 aliphatic rings. The Morgan fingerprint density at radius 1 is 1.39 bits per heavy atom. The number of rotatable bonds is 3. The first-order valence-electron chi connectivity index (χ1n) is 5.84. The fraction of sp³-hybridized carbons (Fsp3) is 0.417. The van der Waals surface area contributed by atoms with Gasteiger partial charge in [-0.3, -0.25) is 4.79 Å². The molecule has 6 nitrogen and oxygen atoms in total. The maximum atomic E-state index is 11.0. The highest BCUT2D eigenvalue weighted by Gasteiger charge is 2.22. The van der Waals surface area contributed by atoms with Crippen LogP contribution in [0, 0.1) is 0 Å². The Balaban J connectivity index is 1.67. The third kappa shape index (κ3) is 2.06. The van der Waals surface area contributed by atoms with Crippen molar-refractivity contribution in [2.75, 3.05) is 13.3 Å². The standard InChI is InChI=1S/C12H14N2O4/c15-9-3-11-10(17-6-18-11)1-7(9)4-13-8-2-12(16)14-5-8/h1,3,8,13,15H,2,4-6H2,(H,14,16). The van der Waals surface area contributed by atoms with Crippen LogP contribution in [0.5, 0.6) is 17.2 Å². The van der Waals surface area contributed by atoms with E-state index in [2.05, 4.69) is 10.6 Å². The molecule has 0 aliphatic carbocycles. The van der Waals surface area contributed by atoms with Gasteiger partial charge in [0.15, 0.2) is 11.5 Å². The Bertz CT molecular complexity index is 489. The van der Waals surface area contributed by atoms with Crippen molar-refractivity contribution >= 4 is 5.91 Å². The maximum absolute atomic E-state index is 11.0. The zero-order chi connectivity index (χ0) is 12.5. The number of nitrogens with one attached hydrogen (secondary N) is 2. The summed E-state index contributed by atoms with van der Waals surface area (Å²) in [5.41, 5.74) is 0.735. The third-order valence-corrected chi connectivity index (χ3v) is 3.13. The Morgan fingerprint density at radius 3 is 2.89 bits per heavy atom. The highest BCUT2D eigenvalue weighted by Crippen LogP contribution is 2.37.